The van der Waals surface area contributed by atoms with Gasteiger partial charge in [0.2, 0.25) is 0 Å². The number of unbranched alkanes of at least 4 members (excludes halogenated alkanes) is 34. The predicted molar refractivity (Wildman–Crippen MR) is 357 cm³/mol. The molecule has 0 radical (unpaired) electrons. The lowest BCUT2D eigenvalue weighted by atomic mass is 10.0. The molecule has 0 aromatic heterocycles. The molecule has 6 nitrogen and oxygen atoms in total. The Balaban J connectivity index is 4.40. The Morgan fingerprint density at radius 1 is 0.256 bits per heavy atom. The summed E-state index contributed by atoms with van der Waals surface area (Å²) < 4.78 is 17.0. The zero-order valence-electron chi connectivity index (χ0n) is 54.0. The average Bonchev–Trinajstić information content (AvgIpc) is 3.47. The fourth-order valence-electron chi connectivity index (χ4n) is 9.81. The van der Waals surface area contributed by atoms with Crippen molar-refractivity contribution in [3.05, 3.63) is 109 Å². The summed E-state index contributed by atoms with van der Waals surface area (Å²) >= 11 is 0. The first-order valence-electron chi connectivity index (χ1n) is 34.9. The Hall–Kier alpha value is -3.93. The van der Waals surface area contributed by atoms with Gasteiger partial charge >= 0.3 is 17.9 Å². The fraction of sp³-hybridized carbons (Fsp3) is 0.724. The molecule has 470 valence electrons. The van der Waals surface area contributed by atoms with E-state index in [0.29, 0.717) is 19.3 Å². The average molecular weight is 1140 g/mol. The number of esters is 3. The van der Waals surface area contributed by atoms with Gasteiger partial charge in [0.25, 0.3) is 0 Å². The summed E-state index contributed by atoms with van der Waals surface area (Å²) in [5.41, 5.74) is 0. The van der Waals surface area contributed by atoms with Crippen molar-refractivity contribution in [1.82, 2.24) is 0 Å². The number of carbonyl (C=O) groups excluding carboxylic acids is 3. The molecule has 6 heteroatoms. The van der Waals surface area contributed by atoms with Gasteiger partial charge in [-0.1, -0.05) is 316 Å². The van der Waals surface area contributed by atoms with E-state index < -0.39 is 6.10 Å². The topological polar surface area (TPSA) is 78.9 Å². The van der Waals surface area contributed by atoms with Gasteiger partial charge in [-0.05, 0) is 109 Å². The number of hydrogen-bond acceptors (Lipinski definition) is 6. The lowest BCUT2D eigenvalue weighted by Gasteiger charge is -2.18. The predicted octanol–water partition coefficient (Wildman–Crippen LogP) is 24.2. The van der Waals surface area contributed by atoms with Crippen LogP contribution in [0, 0.1) is 0 Å². The SMILES string of the molecule is CC/C=C\C/C=C\C/C=C\C/C=C\C/C=C\C/C=C\C/C=C\C/C=C\CCCCCCC(=O)OCC(COC(=O)CCCCCCCCCCCCCCCCCCC)OC(=O)CCCCCCCCC/C=C\CCCCCCCCC. The summed E-state index contributed by atoms with van der Waals surface area (Å²) in [6.45, 7) is 6.54. The third kappa shape index (κ3) is 66.9. The molecule has 0 amide bonds. The molecule has 0 spiro atoms. The number of hydrogen-bond donors (Lipinski definition) is 0. The Kier molecular flexibility index (Phi) is 66.2. The van der Waals surface area contributed by atoms with Crippen LogP contribution in [0.4, 0.5) is 0 Å². The van der Waals surface area contributed by atoms with Crippen LogP contribution in [0.15, 0.2) is 109 Å². The molecule has 0 aliphatic rings. The van der Waals surface area contributed by atoms with Crippen LogP contribution in [-0.2, 0) is 28.6 Å². The van der Waals surface area contributed by atoms with Gasteiger partial charge in [0.05, 0.1) is 0 Å². The maximum atomic E-state index is 12.9. The molecule has 0 heterocycles. The van der Waals surface area contributed by atoms with Gasteiger partial charge in [-0.3, -0.25) is 14.4 Å². The maximum absolute atomic E-state index is 12.9. The second kappa shape index (κ2) is 69.6. The number of allylic oxidation sites excluding steroid dienone is 18. The standard InChI is InChI=1S/C76H130O6/c1-4-7-10-13-16-19-22-25-28-31-33-34-35-36-37-38-39-40-41-42-43-46-48-51-54-57-60-63-66-69-75(78)81-72-73(71-80-74(77)68-65-62-59-56-53-50-47-44-30-27-24-21-18-15-12-9-6-3)82-76(79)70-67-64-61-58-55-52-49-45-32-29-26-23-20-17-14-11-8-5-2/h7,10,16,19,25,28-29,32-34,36-37,39-40,42-43,48,51,73H,4-6,8-9,11-15,17-18,20-24,26-27,30-31,35,38,41,44-47,49-50,52-72H2,1-3H3/b10-7-,19-16-,28-25-,32-29-,34-33-,37-36-,40-39-,43-42-,51-48-. The molecule has 0 aliphatic heterocycles. The molecular formula is C76H130O6. The third-order valence-electron chi connectivity index (χ3n) is 15.0. The van der Waals surface area contributed by atoms with Crippen molar-refractivity contribution in [2.24, 2.45) is 0 Å². The van der Waals surface area contributed by atoms with Crippen molar-refractivity contribution in [2.45, 2.75) is 341 Å². The van der Waals surface area contributed by atoms with E-state index in [1.165, 1.54) is 173 Å². The van der Waals surface area contributed by atoms with Crippen LogP contribution < -0.4 is 0 Å². The van der Waals surface area contributed by atoms with Crippen molar-refractivity contribution < 1.29 is 28.6 Å². The summed E-state index contributed by atoms with van der Waals surface area (Å²) in [6, 6.07) is 0. The van der Waals surface area contributed by atoms with Crippen LogP contribution in [0.3, 0.4) is 0 Å². The van der Waals surface area contributed by atoms with E-state index in [4.69, 9.17) is 14.2 Å². The van der Waals surface area contributed by atoms with Crippen molar-refractivity contribution >= 4 is 17.9 Å². The van der Waals surface area contributed by atoms with Gasteiger partial charge in [0.15, 0.2) is 6.10 Å². The highest BCUT2D eigenvalue weighted by molar-refractivity contribution is 5.71. The molecule has 0 N–H and O–H groups in total. The van der Waals surface area contributed by atoms with Crippen LogP contribution in [-0.4, -0.2) is 37.2 Å². The normalized spacial score (nSPS) is 12.8. The van der Waals surface area contributed by atoms with Gasteiger partial charge in [0.1, 0.15) is 13.2 Å². The van der Waals surface area contributed by atoms with Crippen molar-refractivity contribution in [3.8, 4) is 0 Å². The molecule has 1 atom stereocenters. The second-order valence-corrected chi connectivity index (χ2v) is 23.1. The molecule has 0 aliphatic carbocycles. The Bertz CT molecular complexity index is 1640. The van der Waals surface area contributed by atoms with E-state index >= 15 is 0 Å². The quantitative estimate of drug-likeness (QED) is 0.0261. The fourth-order valence-corrected chi connectivity index (χ4v) is 9.81. The van der Waals surface area contributed by atoms with E-state index in [9.17, 15) is 14.4 Å². The minimum absolute atomic E-state index is 0.0854. The van der Waals surface area contributed by atoms with E-state index in [1.807, 2.05) is 0 Å². The summed E-state index contributed by atoms with van der Waals surface area (Å²) in [4.78, 5) is 38.4. The zero-order chi connectivity index (χ0) is 59.2. The van der Waals surface area contributed by atoms with Crippen LogP contribution in [0.25, 0.3) is 0 Å². The minimum Gasteiger partial charge on any atom is -0.462 e. The number of rotatable bonds is 63. The van der Waals surface area contributed by atoms with Gasteiger partial charge in [-0.15, -0.1) is 0 Å². The van der Waals surface area contributed by atoms with E-state index in [2.05, 4.69) is 130 Å². The van der Waals surface area contributed by atoms with Gasteiger partial charge in [0, 0.05) is 19.3 Å². The minimum atomic E-state index is -0.793. The smallest absolute Gasteiger partial charge is 0.306 e. The summed E-state index contributed by atoms with van der Waals surface area (Å²) in [7, 11) is 0. The molecule has 0 rings (SSSR count). The highest BCUT2D eigenvalue weighted by Crippen LogP contribution is 2.17. The Labute approximate surface area is 508 Å². The summed E-state index contributed by atoms with van der Waals surface area (Å²) in [6.07, 6.45) is 95.3. The molecule has 0 fully saturated rings. The van der Waals surface area contributed by atoms with Crippen LogP contribution in [0.2, 0.25) is 0 Å². The zero-order valence-corrected chi connectivity index (χ0v) is 54.0. The first-order chi connectivity index (χ1) is 40.5. The first kappa shape index (κ1) is 78.1. The van der Waals surface area contributed by atoms with Crippen LogP contribution >= 0.6 is 0 Å². The van der Waals surface area contributed by atoms with Crippen LogP contribution in [0.5, 0.6) is 0 Å². The lowest BCUT2D eigenvalue weighted by molar-refractivity contribution is -0.167. The van der Waals surface area contributed by atoms with Gasteiger partial charge < -0.3 is 14.2 Å². The van der Waals surface area contributed by atoms with Gasteiger partial charge in [-0.25, -0.2) is 0 Å². The molecule has 0 saturated carbocycles. The molecule has 1 unspecified atom stereocenters. The number of carbonyl (C=O) groups is 3. The third-order valence-corrected chi connectivity index (χ3v) is 15.0. The highest BCUT2D eigenvalue weighted by atomic mass is 16.6. The largest absolute Gasteiger partial charge is 0.462 e. The van der Waals surface area contributed by atoms with E-state index in [1.54, 1.807) is 0 Å². The van der Waals surface area contributed by atoms with E-state index in [-0.39, 0.29) is 31.1 Å². The van der Waals surface area contributed by atoms with Crippen molar-refractivity contribution in [1.29, 1.82) is 0 Å². The molecule has 0 bridgehead atoms. The van der Waals surface area contributed by atoms with Crippen LogP contribution in [0.1, 0.15) is 335 Å². The molecule has 82 heavy (non-hydrogen) atoms. The molecule has 0 aromatic carbocycles. The first-order valence-corrected chi connectivity index (χ1v) is 34.9. The molecule has 0 saturated heterocycles. The van der Waals surface area contributed by atoms with Crippen molar-refractivity contribution in [3.63, 3.8) is 0 Å². The highest BCUT2D eigenvalue weighted by Gasteiger charge is 2.19. The maximum Gasteiger partial charge on any atom is 0.306 e. The monoisotopic (exact) mass is 1140 g/mol. The number of ether oxygens (including phenoxy) is 3. The van der Waals surface area contributed by atoms with E-state index in [0.717, 1.165) is 122 Å². The van der Waals surface area contributed by atoms with Crippen molar-refractivity contribution in [2.75, 3.05) is 13.2 Å². The molecular weight excluding hydrogens is 1010 g/mol. The lowest BCUT2D eigenvalue weighted by Crippen LogP contribution is -2.30. The Morgan fingerprint density at radius 3 is 0.756 bits per heavy atom. The molecule has 0 aromatic rings. The summed E-state index contributed by atoms with van der Waals surface area (Å²) in [5.74, 6) is -0.901. The Morgan fingerprint density at radius 2 is 0.476 bits per heavy atom. The van der Waals surface area contributed by atoms with Gasteiger partial charge in [-0.2, -0.15) is 0 Å². The summed E-state index contributed by atoms with van der Waals surface area (Å²) in [5, 5.41) is 0. The second-order valence-electron chi connectivity index (χ2n) is 23.1.